The Labute approximate surface area is 138 Å². The number of nitrogens with zero attached hydrogens (tertiary/aromatic N) is 2. The Balaban J connectivity index is 2.57. The van der Waals surface area contributed by atoms with Crippen LogP contribution in [0.2, 0.25) is 0 Å². The molecule has 26 heavy (non-hydrogen) atoms. The number of nitrogens with one attached hydrogen (secondary N) is 1. The monoisotopic (exact) mass is 385 g/mol. The number of carboxylic acid groups (broad SMARTS) is 1. The number of amides is 1. The second-order valence-electron chi connectivity index (χ2n) is 4.79. The maximum Gasteiger partial charge on any atom is 0.422 e. The van der Waals surface area contributed by atoms with Crippen molar-refractivity contribution in [3.63, 3.8) is 0 Å². The number of carboxylic acids is 1. The first-order valence-corrected chi connectivity index (χ1v) is 6.37. The summed E-state index contributed by atoms with van der Waals surface area (Å²) >= 11 is 0. The lowest BCUT2D eigenvalue weighted by atomic mass is 10.1. The van der Waals surface area contributed by atoms with Gasteiger partial charge in [0.2, 0.25) is 0 Å². The van der Waals surface area contributed by atoms with Crippen molar-refractivity contribution in [1.29, 1.82) is 0 Å². The van der Waals surface area contributed by atoms with Gasteiger partial charge in [0.1, 0.15) is 22.5 Å². The van der Waals surface area contributed by atoms with Crippen LogP contribution in [0.5, 0.6) is 0 Å². The number of anilines is 1. The van der Waals surface area contributed by atoms with Gasteiger partial charge in [-0.05, 0) is 0 Å². The van der Waals surface area contributed by atoms with Gasteiger partial charge < -0.3 is 10.4 Å². The van der Waals surface area contributed by atoms with Crippen molar-refractivity contribution < 1.29 is 45.4 Å². The summed E-state index contributed by atoms with van der Waals surface area (Å²) in [6.45, 7) is 0. The van der Waals surface area contributed by atoms with E-state index in [1.165, 1.54) is 5.32 Å². The molecule has 13 heteroatoms. The highest BCUT2D eigenvalue weighted by Gasteiger charge is 2.42. The third-order valence-corrected chi connectivity index (χ3v) is 3.17. The molecule has 0 aliphatic carbocycles. The average molecular weight is 385 g/mol. The van der Waals surface area contributed by atoms with Crippen LogP contribution in [0.25, 0.3) is 0 Å². The number of benzene rings is 1. The zero-order chi connectivity index (χ0) is 20.0. The van der Waals surface area contributed by atoms with Gasteiger partial charge in [-0.2, -0.15) is 18.3 Å². The zero-order valence-corrected chi connectivity index (χ0v) is 12.4. The predicted molar refractivity (Wildman–Crippen MR) is 69.4 cm³/mol. The highest BCUT2D eigenvalue weighted by Crippen LogP contribution is 2.38. The van der Waals surface area contributed by atoms with Gasteiger partial charge in [-0.25, -0.2) is 22.4 Å². The predicted octanol–water partition coefficient (Wildman–Crippen LogP) is 2.95. The van der Waals surface area contributed by atoms with Crippen LogP contribution in [-0.2, 0) is 13.2 Å². The molecule has 0 unspecified atom stereocenters. The van der Waals surface area contributed by atoms with Gasteiger partial charge in [0.15, 0.2) is 23.3 Å². The Kier molecular flexibility index (Phi) is 4.66. The van der Waals surface area contributed by atoms with Gasteiger partial charge in [-0.1, -0.05) is 0 Å². The normalized spacial score (nSPS) is 11.5. The number of aryl methyl sites for hydroxylation is 1. The number of rotatable bonds is 3. The van der Waals surface area contributed by atoms with Gasteiger partial charge in [0, 0.05) is 7.05 Å². The third kappa shape index (κ3) is 3.07. The average Bonchev–Trinajstić information content (AvgIpc) is 2.90. The number of carbonyl (C=O) groups is 2. The fraction of sp³-hybridized carbons (Fsp3) is 0.154. The highest BCUT2D eigenvalue weighted by molar-refractivity contribution is 6.09. The van der Waals surface area contributed by atoms with Crippen molar-refractivity contribution >= 4 is 17.6 Å². The van der Waals surface area contributed by atoms with E-state index in [4.69, 9.17) is 5.11 Å². The summed E-state index contributed by atoms with van der Waals surface area (Å²) in [4.78, 5) is 23.0. The summed E-state index contributed by atoms with van der Waals surface area (Å²) in [5.74, 6) is -13.8. The first-order chi connectivity index (χ1) is 11.9. The maximum absolute atomic E-state index is 13.8. The molecule has 0 spiro atoms. The maximum atomic E-state index is 13.8. The smallest absolute Gasteiger partial charge is 0.422 e. The molecule has 0 aliphatic heterocycles. The van der Waals surface area contributed by atoms with Crippen LogP contribution in [0.15, 0.2) is 6.20 Å². The lowest BCUT2D eigenvalue weighted by Crippen LogP contribution is -2.23. The minimum absolute atomic E-state index is 0.672. The van der Waals surface area contributed by atoms with Crippen LogP contribution >= 0.6 is 0 Å². The quantitative estimate of drug-likeness (QED) is 0.629. The molecule has 0 saturated carbocycles. The molecule has 1 amide bonds. The summed E-state index contributed by atoms with van der Waals surface area (Å²) in [6, 6.07) is 0. The van der Waals surface area contributed by atoms with Gasteiger partial charge in [0.25, 0.3) is 5.91 Å². The lowest BCUT2D eigenvalue weighted by Gasteiger charge is -2.14. The second kappa shape index (κ2) is 6.31. The number of alkyl halides is 3. The third-order valence-electron chi connectivity index (χ3n) is 3.17. The van der Waals surface area contributed by atoms with Crippen molar-refractivity contribution in [2.24, 2.45) is 7.05 Å². The Bertz CT molecular complexity index is 892. The molecule has 2 rings (SSSR count). The first-order valence-electron chi connectivity index (χ1n) is 6.37. The van der Waals surface area contributed by atoms with E-state index in [9.17, 15) is 40.3 Å². The van der Waals surface area contributed by atoms with E-state index >= 15 is 0 Å². The summed E-state index contributed by atoms with van der Waals surface area (Å²) in [7, 11) is 1.07. The highest BCUT2D eigenvalue weighted by atomic mass is 19.4. The lowest BCUT2D eigenvalue weighted by molar-refractivity contribution is -0.143. The van der Waals surface area contributed by atoms with Gasteiger partial charge in [-0.15, -0.1) is 0 Å². The van der Waals surface area contributed by atoms with Crippen LogP contribution in [0.3, 0.4) is 0 Å². The fourth-order valence-corrected chi connectivity index (χ4v) is 2.03. The minimum Gasteiger partial charge on any atom is -0.478 e. The van der Waals surface area contributed by atoms with Crippen molar-refractivity contribution in [2.45, 2.75) is 6.18 Å². The van der Waals surface area contributed by atoms with Crippen molar-refractivity contribution in [3.05, 3.63) is 46.3 Å². The molecular weight excluding hydrogens is 379 g/mol. The Morgan fingerprint density at radius 1 is 1.08 bits per heavy atom. The molecule has 0 saturated heterocycles. The Morgan fingerprint density at radius 2 is 1.58 bits per heavy atom. The Morgan fingerprint density at radius 3 is 2.00 bits per heavy atom. The van der Waals surface area contributed by atoms with Gasteiger partial charge in [-0.3, -0.25) is 9.48 Å². The fourth-order valence-electron chi connectivity index (χ4n) is 2.03. The molecule has 1 aromatic carbocycles. The van der Waals surface area contributed by atoms with Crippen LogP contribution in [-0.4, -0.2) is 26.8 Å². The van der Waals surface area contributed by atoms with E-state index in [1.54, 1.807) is 0 Å². The van der Waals surface area contributed by atoms with Crippen LogP contribution in [0.4, 0.5) is 36.4 Å². The standard InChI is InChI=1S/C13H6F7N3O3/c1-23-10(3(2-21-23)12(25)26)11(24)22-9-7(16)5(14)4(13(18,19)20)6(15)8(9)17/h2H,1H3,(H,22,24)(H,25,26). The van der Waals surface area contributed by atoms with Gasteiger partial charge in [0.05, 0.1) is 6.20 Å². The molecule has 2 aromatic rings. The molecule has 140 valence electrons. The van der Waals surface area contributed by atoms with Crippen LogP contribution in [0.1, 0.15) is 26.4 Å². The largest absolute Gasteiger partial charge is 0.478 e. The van der Waals surface area contributed by atoms with Crippen molar-refractivity contribution in [3.8, 4) is 0 Å². The second-order valence-corrected chi connectivity index (χ2v) is 4.79. The van der Waals surface area contributed by atoms with Gasteiger partial charge >= 0.3 is 12.1 Å². The van der Waals surface area contributed by atoms with E-state index in [0.29, 0.717) is 10.9 Å². The van der Waals surface area contributed by atoms with E-state index in [2.05, 4.69) is 5.10 Å². The number of hydrogen-bond acceptors (Lipinski definition) is 3. The molecule has 0 atom stereocenters. The summed E-state index contributed by atoms with van der Waals surface area (Å²) in [5, 5.41) is 13.6. The summed E-state index contributed by atoms with van der Waals surface area (Å²) < 4.78 is 92.7. The molecule has 0 fully saturated rings. The SMILES string of the molecule is Cn1ncc(C(=O)O)c1C(=O)Nc1c(F)c(F)c(C(F)(F)F)c(F)c1F. The van der Waals surface area contributed by atoms with Crippen molar-refractivity contribution in [1.82, 2.24) is 9.78 Å². The van der Waals surface area contributed by atoms with Crippen LogP contribution < -0.4 is 5.32 Å². The van der Waals surface area contributed by atoms with Crippen molar-refractivity contribution in [2.75, 3.05) is 5.32 Å². The molecule has 2 N–H and O–H groups in total. The number of aromatic nitrogens is 2. The van der Waals surface area contributed by atoms with E-state index in [1.807, 2.05) is 0 Å². The summed E-state index contributed by atoms with van der Waals surface area (Å²) in [6.07, 6.45) is -5.03. The zero-order valence-electron chi connectivity index (χ0n) is 12.4. The molecule has 1 heterocycles. The number of hydrogen-bond donors (Lipinski definition) is 2. The first kappa shape index (κ1) is 19.2. The van der Waals surface area contributed by atoms with E-state index < -0.39 is 63.8 Å². The molecule has 6 nitrogen and oxygen atoms in total. The van der Waals surface area contributed by atoms with E-state index in [0.717, 1.165) is 7.05 Å². The van der Waals surface area contributed by atoms with Crippen LogP contribution in [0, 0.1) is 23.3 Å². The Hall–Kier alpha value is -3.12. The topological polar surface area (TPSA) is 84.2 Å². The minimum atomic E-state index is -5.74. The molecule has 0 radical (unpaired) electrons. The number of carbonyl (C=O) groups excluding carboxylic acids is 1. The molecule has 0 aliphatic rings. The number of halogens is 7. The van der Waals surface area contributed by atoms with E-state index in [-0.39, 0.29) is 0 Å². The molecular formula is C13H6F7N3O3. The molecule has 0 bridgehead atoms. The summed E-state index contributed by atoms with van der Waals surface area (Å²) in [5.41, 5.74) is -6.15. The number of aromatic carboxylic acids is 1. The molecule has 1 aromatic heterocycles.